The summed E-state index contributed by atoms with van der Waals surface area (Å²) >= 11 is 0. The van der Waals surface area contributed by atoms with E-state index in [2.05, 4.69) is 42.6 Å². The summed E-state index contributed by atoms with van der Waals surface area (Å²) in [5, 5.41) is 0. The Morgan fingerprint density at radius 2 is 1.33 bits per heavy atom. The molecule has 0 saturated carbocycles. The average Bonchev–Trinajstić information content (AvgIpc) is 2.50. The van der Waals surface area contributed by atoms with Crippen LogP contribution in [0, 0.1) is 0 Å². The van der Waals surface area contributed by atoms with E-state index >= 15 is 0 Å². The molecule has 0 amide bonds. The molecule has 0 N–H and O–H groups in total. The molecule has 1 heterocycles. The zero-order valence-electron chi connectivity index (χ0n) is 13.7. The van der Waals surface area contributed by atoms with E-state index in [9.17, 15) is 0 Å². The van der Waals surface area contributed by atoms with Crippen molar-refractivity contribution in [3.63, 3.8) is 0 Å². The first-order valence-corrected chi connectivity index (χ1v) is 8.48. The van der Waals surface area contributed by atoms with Crippen LogP contribution in [-0.4, -0.2) is 0 Å². The second kappa shape index (κ2) is 14.3. The minimum absolute atomic E-state index is 0. The van der Waals surface area contributed by atoms with Crippen LogP contribution < -0.4 is 21.5 Å². The van der Waals surface area contributed by atoms with Crippen LogP contribution in [0.2, 0.25) is 0 Å². The molecule has 0 aliphatic carbocycles. The lowest BCUT2D eigenvalue weighted by Gasteiger charge is -2.01. The number of aromatic nitrogens is 1. The van der Waals surface area contributed by atoms with Crippen molar-refractivity contribution in [2.24, 2.45) is 0 Å². The highest BCUT2D eigenvalue weighted by Gasteiger charge is 1.99. The van der Waals surface area contributed by atoms with Gasteiger partial charge in [-0.25, -0.2) is 4.57 Å². The van der Waals surface area contributed by atoms with Gasteiger partial charge in [0, 0.05) is 18.6 Å². The Morgan fingerprint density at radius 1 is 0.857 bits per heavy atom. The predicted octanol–water partition coefficient (Wildman–Crippen LogP) is 2.54. The third-order valence-electron chi connectivity index (χ3n) is 3.92. The smallest absolute Gasteiger partial charge is 0.169 e. The topological polar surface area (TPSA) is 3.88 Å². The van der Waals surface area contributed by atoms with E-state index in [-0.39, 0.29) is 17.0 Å². The Labute approximate surface area is 142 Å². The Hall–Kier alpha value is -0.630. The number of rotatable bonds is 12. The van der Waals surface area contributed by atoms with Gasteiger partial charge in [0.25, 0.3) is 0 Å². The van der Waals surface area contributed by atoms with Crippen molar-refractivity contribution in [1.82, 2.24) is 0 Å². The summed E-state index contributed by atoms with van der Waals surface area (Å²) in [4.78, 5) is 0. The van der Waals surface area contributed by atoms with Crippen molar-refractivity contribution < 1.29 is 21.5 Å². The molecule has 1 rings (SSSR count). The molecule has 21 heavy (non-hydrogen) atoms. The molecule has 0 bridgehead atoms. The first kappa shape index (κ1) is 20.4. The Morgan fingerprint density at radius 3 is 1.81 bits per heavy atom. The molecule has 0 atom stereocenters. The molecule has 1 aromatic rings. The highest BCUT2D eigenvalue weighted by molar-refractivity contribution is 5.44. The summed E-state index contributed by atoms with van der Waals surface area (Å²) in [6.07, 6.45) is 20.2. The molecule has 0 unspecified atom stereocenters. The molecule has 0 aliphatic heterocycles. The second-order valence-electron chi connectivity index (χ2n) is 5.76. The average molecular weight is 354 g/mol. The fourth-order valence-electron chi connectivity index (χ4n) is 2.54. The summed E-state index contributed by atoms with van der Waals surface area (Å²) in [5.74, 6) is 0. The van der Waals surface area contributed by atoms with Crippen LogP contribution in [0.25, 0.3) is 6.08 Å². The number of unbranched alkanes of at least 4 members (excludes halogenated alkanes) is 9. The van der Waals surface area contributed by atoms with E-state index in [0.717, 1.165) is 6.54 Å². The SMILES string of the molecule is C=Cc1cc[n+](CCCCCCCCCCCC)cc1.[Br-]. The summed E-state index contributed by atoms with van der Waals surface area (Å²) in [5.41, 5.74) is 1.20. The van der Waals surface area contributed by atoms with Crippen molar-refractivity contribution in [2.45, 2.75) is 77.7 Å². The van der Waals surface area contributed by atoms with Gasteiger partial charge in [0.2, 0.25) is 0 Å². The van der Waals surface area contributed by atoms with Gasteiger partial charge >= 0.3 is 0 Å². The Kier molecular flexibility index (Phi) is 13.9. The molecule has 1 nitrogen and oxygen atoms in total. The normalized spacial score (nSPS) is 10.1. The highest BCUT2D eigenvalue weighted by atomic mass is 79.9. The van der Waals surface area contributed by atoms with E-state index in [1.54, 1.807) is 0 Å². The number of pyridine rings is 1. The zero-order valence-corrected chi connectivity index (χ0v) is 15.3. The largest absolute Gasteiger partial charge is 1.00 e. The van der Waals surface area contributed by atoms with E-state index < -0.39 is 0 Å². The minimum atomic E-state index is 0. The van der Waals surface area contributed by atoms with Gasteiger partial charge in [-0.15, -0.1) is 0 Å². The van der Waals surface area contributed by atoms with Crippen LogP contribution in [0.15, 0.2) is 31.1 Å². The Bertz CT molecular complexity index is 345. The summed E-state index contributed by atoms with van der Waals surface area (Å²) in [6, 6.07) is 4.26. The van der Waals surface area contributed by atoms with Crippen LogP contribution >= 0.6 is 0 Å². The van der Waals surface area contributed by atoms with Gasteiger partial charge in [0.15, 0.2) is 12.4 Å². The number of halogens is 1. The molecule has 0 fully saturated rings. The molecule has 0 spiro atoms. The maximum absolute atomic E-state index is 3.78. The monoisotopic (exact) mass is 353 g/mol. The van der Waals surface area contributed by atoms with Crippen LogP contribution in [0.4, 0.5) is 0 Å². The quantitative estimate of drug-likeness (QED) is 0.401. The van der Waals surface area contributed by atoms with Crippen LogP contribution in [0.5, 0.6) is 0 Å². The minimum Gasteiger partial charge on any atom is -1.00 e. The molecular formula is C19H32BrN. The maximum atomic E-state index is 3.78. The van der Waals surface area contributed by atoms with Gasteiger partial charge in [-0.05, 0) is 12.0 Å². The van der Waals surface area contributed by atoms with Gasteiger partial charge in [-0.3, -0.25) is 0 Å². The molecule has 0 radical (unpaired) electrons. The van der Waals surface area contributed by atoms with Crippen LogP contribution in [0.3, 0.4) is 0 Å². The van der Waals surface area contributed by atoms with Gasteiger partial charge in [0.1, 0.15) is 6.54 Å². The fraction of sp³-hybridized carbons (Fsp3) is 0.632. The van der Waals surface area contributed by atoms with Crippen molar-refractivity contribution in [2.75, 3.05) is 0 Å². The number of hydrogen-bond donors (Lipinski definition) is 0. The molecule has 1 aromatic heterocycles. The van der Waals surface area contributed by atoms with Crippen LogP contribution in [0.1, 0.15) is 76.7 Å². The number of hydrogen-bond acceptors (Lipinski definition) is 0. The standard InChI is InChI=1S/C19H32N.BrH/c1-3-5-6-7-8-9-10-11-12-13-16-20-17-14-19(4-2)15-18-20;/h4,14-15,17-18H,2-3,5-13,16H2,1H3;1H/q+1;/p-1. The molecule has 2 heteroatoms. The third kappa shape index (κ3) is 10.7. The molecule has 0 aliphatic rings. The van der Waals surface area contributed by atoms with Crippen molar-refractivity contribution >= 4 is 6.08 Å². The predicted molar refractivity (Wildman–Crippen MR) is 88.6 cm³/mol. The van der Waals surface area contributed by atoms with E-state index in [1.165, 1.54) is 69.8 Å². The second-order valence-corrected chi connectivity index (χ2v) is 5.76. The molecule has 0 aromatic carbocycles. The van der Waals surface area contributed by atoms with Crippen molar-refractivity contribution in [3.8, 4) is 0 Å². The molecule has 120 valence electrons. The van der Waals surface area contributed by atoms with Gasteiger partial charge in [0.05, 0.1) is 0 Å². The van der Waals surface area contributed by atoms with E-state index in [4.69, 9.17) is 0 Å². The fourth-order valence-corrected chi connectivity index (χ4v) is 2.54. The van der Waals surface area contributed by atoms with Gasteiger partial charge in [-0.2, -0.15) is 0 Å². The van der Waals surface area contributed by atoms with E-state index in [1.807, 2.05) is 6.08 Å². The van der Waals surface area contributed by atoms with Crippen LogP contribution in [-0.2, 0) is 6.54 Å². The summed E-state index contributed by atoms with van der Waals surface area (Å²) in [6.45, 7) is 7.21. The summed E-state index contributed by atoms with van der Waals surface area (Å²) in [7, 11) is 0. The third-order valence-corrected chi connectivity index (χ3v) is 3.92. The first-order valence-electron chi connectivity index (χ1n) is 8.48. The lowest BCUT2D eigenvalue weighted by molar-refractivity contribution is -0.697. The summed E-state index contributed by atoms with van der Waals surface area (Å²) < 4.78 is 2.28. The van der Waals surface area contributed by atoms with E-state index in [0.29, 0.717) is 0 Å². The lowest BCUT2D eigenvalue weighted by Crippen LogP contribution is -3.00. The van der Waals surface area contributed by atoms with Gasteiger partial charge < -0.3 is 17.0 Å². The lowest BCUT2D eigenvalue weighted by atomic mass is 10.1. The number of nitrogens with zero attached hydrogens (tertiary/aromatic N) is 1. The van der Waals surface area contributed by atoms with Gasteiger partial charge in [-0.1, -0.05) is 70.9 Å². The zero-order chi connectivity index (χ0) is 14.5. The Balaban J connectivity index is 0.00000400. The maximum Gasteiger partial charge on any atom is 0.169 e. The number of aryl methyl sites for hydroxylation is 1. The molecular weight excluding hydrogens is 322 g/mol. The first-order chi connectivity index (χ1) is 9.86. The highest BCUT2D eigenvalue weighted by Crippen LogP contribution is 2.10. The van der Waals surface area contributed by atoms with Crippen molar-refractivity contribution in [1.29, 1.82) is 0 Å². The molecule has 0 saturated heterocycles. The van der Waals surface area contributed by atoms with Crippen molar-refractivity contribution in [3.05, 3.63) is 36.7 Å².